The summed E-state index contributed by atoms with van der Waals surface area (Å²) in [5.74, 6) is 1.63. The van der Waals surface area contributed by atoms with Crippen LogP contribution < -0.4 is 4.74 Å². The summed E-state index contributed by atoms with van der Waals surface area (Å²) < 4.78 is 5.82. The van der Waals surface area contributed by atoms with E-state index in [-0.39, 0.29) is 0 Å². The van der Waals surface area contributed by atoms with Crippen LogP contribution in [0.3, 0.4) is 0 Å². The molecular weight excluding hydrogens is 236 g/mol. The number of rotatable bonds is 5. The van der Waals surface area contributed by atoms with Crippen LogP contribution in [0, 0.1) is 5.92 Å². The van der Waals surface area contributed by atoms with Gasteiger partial charge in [0.1, 0.15) is 5.75 Å². The van der Waals surface area contributed by atoms with Gasteiger partial charge in [-0.2, -0.15) is 0 Å². The molecule has 0 unspecified atom stereocenters. The molecule has 0 bridgehead atoms. The summed E-state index contributed by atoms with van der Waals surface area (Å²) in [5.41, 5.74) is 0.542. The van der Waals surface area contributed by atoms with Gasteiger partial charge >= 0.3 is 0 Å². The minimum Gasteiger partial charge on any atom is -0.493 e. The number of ether oxygens (including phenoxy) is 1. The molecule has 1 N–H and O–H groups in total. The zero-order chi connectivity index (χ0) is 11.9. The molecule has 2 aliphatic rings. The summed E-state index contributed by atoms with van der Waals surface area (Å²) in [4.78, 5) is 0. The van der Waals surface area contributed by atoms with Crippen LogP contribution >= 0.6 is 11.6 Å². The Morgan fingerprint density at radius 3 is 2.76 bits per heavy atom. The molecule has 0 atom stereocenters. The third kappa shape index (κ3) is 2.93. The second-order valence-electron chi connectivity index (χ2n) is 5.41. The van der Waals surface area contributed by atoms with E-state index in [9.17, 15) is 5.11 Å². The topological polar surface area (TPSA) is 29.5 Å². The Balaban J connectivity index is 1.74. The Morgan fingerprint density at radius 1 is 1.35 bits per heavy atom. The lowest BCUT2D eigenvalue weighted by molar-refractivity contribution is 0.149. The van der Waals surface area contributed by atoms with Crippen molar-refractivity contribution in [1.29, 1.82) is 0 Å². The standard InChI is InChI=1S/C14H17ClO2/c15-12-3-4-13(17-9-10-1-2-10)11(7-12)8-14(16)5-6-14/h3-4,7,10,16H,1-2,5-6,8-9H2. The zero-order valence-electron chi connectivity index (χ0n) is 9.79. The molecule has 0 spiro atoms. The Hall–Kier alpha value is -0.730. The highest BCUT2D eigenvalue weighted by Gasteiger charge is 2.40. The number of halogens is 1. The first-order valence-corrected chi connectivity index (χ1v) is 6.66. The first-order chi connectivity index (χ1) is 8.15. The number of aliphatic hydroxyl groups is 1. The third-order valence-electron chi connectivity index (χ3n) is 3.54. The highest BCUT2D eigenvalue weighted by Crippen LogP contribution is 2.41. The zero-order valence-corrected chi connectivity index (χ0v) is 10.5. The lowest BCUT2D eigenvalue weighted by Gasteiger charge is -2.14. The van der Waals surface area contributed by atoms with Crippen molar-refractivity contribution >= 4 is 11.6 Å². The first kappa shape index (κ1) is 11.4. The average molecular weight is 253 g/mol. The van der Waals surface area contributed by atoms with Crippen LogP contribution in [0.1, 0.15) is 31.2 Å². The van der Waals surface area contributed by atoms with E-state index in [0.717, 1.165) is 36.7 Å². The highest BCUT2D eigenvalue weighted by atomic mass is 35.5. The second-order valence-corrected chi connectivity index (χ2v) is 5.84. The molecule has 2 aliphatic carbocycles. The van der Waals surface area contributed by atoms with Crippen molar-refractivity contribution in [2.45, 2.75) is 37.7 Å². The molecular formula is C14H17ClO2. The quantitative estimate of drug-likeness (QED) is 0.872. The lowest BCUT2D eigenvalue weighted by Crippen LogP contribution is -2.12. The molecule has 0 aliphatic heterocycles. The molecule has 2 saturated carbocycles. The predicted molar refractivity (Wildman–Crippen MR) is 67.6 cm³/mol. The van der Waals surface area contributed by atoms with Gasteiger partial charge in [0.05, 0.1) is 12.2 Å². The summed E-state index contributed by atoms with van der Waals surface area (Å²) in [7, 11) is 0. The summed E-state index contributed by atoms with van der Waals surface area (Å²) in [5, 5.41) is 10.7. The molecule has 2 fully saturated rings. The second kappa shape index (κ2) is 4.18. The highest BCUT2D eigenvalue weighted by molar-refractivity contribution is 6.30. The maximum atomic E-state index is 9.99. The van der Waals surface area contributed by atoms with Crippen LogP contribution in [0.15, 0.2) is 18.2 Å². The first-order valence-electron chi connectivity index (χ1n) is 6.28. The van der Waals surface area contributed by atoms with Crippen LogP contribution in [0.25, 0.3) is 0 Å². The fraction of sp³-hybridized carbons (Fsp3) is 0.571. The monoisotopic (exact) mass is 252 g/mol. The van der Waals surface area contributed by atoms with Gasteiger partial charge in [-0.15, -0.1) is 0 Å². The lowest BCUT2D eigenvalue weighted by atomic mass is 10.1. The Kier molecular flexibility index (Phi) is 2.80. The number of benzene rings is 1. The number of hydrogen-bond acceptors (Lipinski definition) is 2. The molecule has 3 rings (SSSR count). The van der Waals surface area contributed by atoms with Gasteiger partial charge in [0.25, 0.3) is 0 Å². The molecule has 92 valence electrons. The largest absolute Gasteiger partial charge is 0.493 e. The predicted octanol–water partition coefficient (Wildman–Crippen LogP) is 3.20. The maximum Gasteiger partial charge on any atom is 0.122 e. The van der Waals surface area contributed by atoms with E-state index in [1.807, 2.05) is 18.2 Å². The van der Waals surface area contributed by atoms with E-state index in [1.54, 1.807) is 0 Å². The molecule has 17 heavy (non-hydrogen) atoms. The van der Waals surface area contributed by atoms with E-state index in [4.69, 9.17) is 16.3 Å². The van der Waals surface area contributed by atoms with Gasteiger partial charge in [0.15, 0.2) is 0 Å². The van der Waals surface area contributed by atoms with E-state index in [2.05, 4.69) is 0 Å². The van der Waals surface area contributed by atoms with Crippen molar-refractivity contribution in [2.75, 3.05) is 6.61 Å². The van der Waals surface area contributed by atoms with Gasteiger partial charge in [0, 0.05) is 11.4 Å². The van der Waals surface area contributed by atoms with Crippen LogP contribution in [0.4, 0.5) is 0 Å². The third-order valence-corrected chi connectivity index (χ3v) is 3.78. The minimum atomic E-state index is -0.498. The van der Waals surface area contributed by atoms with Crippen LogP contribution in [0.2, 0.25) is 5.02 Å². The molecule has 1 aromatic carbocycles. The average Bonchev–Trinajstić information content (AvgIpc) is 3.16. The summed E-state index contributed by atoms with van der Waals surface area (Å²) in [6, 6.07) is 5.69. The fourth-order valence-corrected chi connectivity index (χ4v) is 2.19. The van der Waals surface area contributed by atoms with Gasteiger partial charge in [-0.3, -0.25) is 0 Å². The van der Waals surface area contributed by atoms with Gasteiger partial charge in [-0.05, 0) is 55.4 Å². The van der Waals surface area contributed by atoms with E-state index >= 15 is 0 Å². The van der Waals surface area contributed by atoms with Crippen LogP contribution in [0.5, 0.6) is 5.75 Å². The maximum absolute atomic E-state index is 9.99. The van der Waals surface area contributed by atoms with Crippen molar-refractivity contribution in [3.63, 3.8) is 0 Å². The molecule has 2 nitrogen and oxygen atoms in total. The van der Waals surface area contributed by atoms with Crippen LogP contribution in [-0.4, -0.2) is 17.3 Å². The van der Waals surface area contributed by atoms with Crippen molar-refractivity contribution in [3.8, 4) is 5.75 Å². The molecule has 0 amide bonds. The number of hydrogen-bond donors (Lipinski definition) is 1. The summed E-state index contributed by atoms with van der Waals surface area (Å²) in [6.07, 6.45) is 5.01. The summed E-state index contributed by atoms with van der Waals surface area (Å²) in [6.45, 7) is 0.799. The van der Waals surface area contributed by atoms with Gasteiger partial charge < -0.3 is 9.84 Å². The van der Waals surface area contributed by atoms with Crippen molar-refractivity contribution in [2.24, 2.45) is 5.92 Å². The summed E-state index contributed by atoms with van der Waals surface area (Å²) >= 11 is 6.00. The smallest absolute Gasteiger partial charge is 0.122 e. The van der Waals surface area contributed by atoms with E-state index in [0.29, 0.717) is 11.4 Å². The molecule has 0 aromatic heterocycles. The van der Waals surface area contributed by atoms with Gasteiger partial charge in [-0.1, -0.05) is 11.6 Å². The van der Waals surface area contributed by atoms with Crippen LogP contribution in [-0.2, 0) is 6.42 Å². The Morgan fingerprint density at radius 2 is 2.12 bits per heavy atom. The SMILES string of the molecule is OC1(Cc2cc(Cl)ccc2OCC2CC2)CC1. The molecule has 3 heteroatoms. The van der Waals surface area contributed by atoms with Crippen molar-refractivity contribution in [1.82, 2.24) is 0 Å². The minimum absolute atomic E-state index is 0.498. The van der Waals surface area contributed by atoms with E-state index < -0.39 is 5.60 Å². The Labute approximate surface area is 107 Å². The van der Waals surface area contributed by atoms with E-state index in [1.165, 1.54) is 12.8 Å². The normalized spacial score (nSPS) is 21.3. The Bertz CT molecular complexity index is 422. The fourth-order valence-electron chi connectivity index (χ4n) is 1.99. The molecule has 1 aromatic rings. The van der Waals surface area contributed by atoms with Gasteiger partial charge in [0.2, 0.25) is 0 Å². The molecule has 0 saturated heterocycles. The van der Waals surface area contributed by atoms with Crippen molar-refractivity contribution < 1.29 is 9.84 Å². The van der Waals surface area contributed by atoms with Gasteiger partial charge in [-0.25, -0.2) is 0 Å². The molecule has 0 heterocycles. The molecule has 0 radical (unpaired) electrons. The van der Waals surface area contributed by atoms with Crippen molar-refractivity contribution in [3.05, 3.63) is 28.8 Å².